The number of aryl methyl sites for hydroxylation is 1. The standard InChI is InChI=1S/C11H14BrFO/c1-9-8-10(4-5-11(9)13)14-7-3-2-6-12/h4-5,8H,2-3,6-7H2,1H3. The van der Waals surface area contributed by atoms with E-state index >= 15 is 0 Å². The fourth-order valence-electron chi connectivity index (χ4n) is 1.09. The lowest BCUT2D eigenvalue weighted by molar-refractivity contribution is 0.309. The molecule has 0 atom stereocenters. The summed E-state index contributed by atoms with van der Waals surface area (Å²) in [6.45, 7) is 2.43. The highest BCUT2D eigenvalue weighted by Gasteiger charge is 1.99. The fraction of sp³-hybridized carbons (Fsp3) is 0.455. The molecule has 0 saturated carbocycles. The molecule has 0 heterocycles. The van der Waals surface area contributed by atoms with Crippen molar-refractivity contribution in [3.05, 3.63) is 29.6 Å². The Hall–Kier alpha value is -0.570. The number of unbranched alkanes of at least 4 members (excludes halogenated alkanes) is 1. The van der Waals surface area contributed by atoms with Crippen LogP contribution in [-0.2, 0) is 0 Å². The van der Waals surface area contributed by atoms with Crippen molar-refractivity contribution in [2.45, 2.75) is 19.8 Å². The smallest absolute Gasteiger partial charge is 0.126 e. The number of rotatable bonds is 5. The van der Waals surface area contributed by atoms with Gasteiger partial charge in [-0.1, -0.05) is 15.9 Å². The maximum Gasteiger partial charge on any atom is 0.126 e. The van der Waals surface area contributed by atoms with Gasteiger partial charge in [0.25, 0.3) is 0 Å². The molecular weight excluding hydrogens is 247 g/mol. The molecule has 0 unspecified atom stereocenters. The van der Waals surface area contributed by atoms with E-state index in [2.05, 4.69) is 15.9 Å². The molecule has 0 aliphatic carbocycles. The topological polar surface area (TPSA) is 9.23 Å². The molecule has 0 bridgehead atoms. The number of hydrogen-bond donors (Lipinski definition) is 0. The number of halogens is 2. The van der Waals surface area contributed by atoms with Crippen molar-refractivity contribution < 1.29 is 9.13 Å². The van der Waals surface area contributed by atoms with Crippen LogP contribution in [0.25, 0.3) is 0 Å². The quantitative estimate of drug-likeness (QED) is 0.580. The van der Waals surface area contributed by atoms with Gasteiger partial charge in [-0.05, 0) is 43.5 Å². The Morgan fingerprint density at radius 2 is 2.14 bits per heavy atom. The van der Waals surface area contributed by atoms with Crippen LogP contribution in [0.3, 0.4) is 0 Å². The van der Waals surface area contributed by atoms with E-state index < -0.39 is 0 Å². The van der Waals surface area contributed by atoms with Crippen LogP contribution in [0.5, 0.6) is 5.75 Å². The van der Waals surface area contributed by atoms with Crippen LogP contribution in [0.2, 0.25) is 0 Å². The van der Waals surface area contributed by atoms with Crippen LogP contribution in [-0.4, -0.2) is 11.9 Å². The van der Waals surface area contributed by atoms with Gasteiger partial charge in [-0.3, -0.25) is 0 Å². The second-order valence-corrected chi connectivity index (χ2v) is 3.95. The minimum Gasteiger partial charge on any atom is -0.494 e. The summed E-state index contributed by atoms with van der Waals surface area (Å²) in [7, 11) is 0. The molecule has 0 aromatic heterocycles. The lowest BCUT2D eigenvalue weighted by Crippen LogP contribution is -1.98. The summed E-state index contributed by atoms with van der Waals surface area (Å²) >= 11 is 3.35. The van der Waals surface area contributed by atoms with Crippen molar-refractivity contribution in [2.24, 2.45) is 0 Å². The Kier molecular flexibility index (Phi) is 4.94. The summed E-state index contributed by atoms with van der Waals surface area (Å²) in [5.74, 6) is 0.566. The molecule has 0 aliphatic heterocycles. The van der Waals surface area contributed by atoms with Crippen molar-refractivity contribution in [1.82, 2.24) is 0 Å². The monoisotopic (exact) mass is 260 g/mol. The predicted molar refractivity (Wildman–Crippen MR) is 59.7 cm³/mol. The van der Waals surface area contributed by atoms with Gasteiger partial charge in [-0.2, -0.15) is 0 Å². The Morgan fingerprint density at radius 3 is 2.79 bits per heavy atom. The molecule has 3 heteroatoms. The molecule has 1 aromatic rings. The van der Waals surface area contributed by atoms with Crippen molar-refractivity contribution in [2.75, 3.05) is 11.9 Å². The van der Waals surface area contributed by atoms with Gasteiger partial charge >= 0.3 is 0 Å². The maximum absolute atomic E-state index is 12.9. The van der Waals surface area contributed by atoms with Crippen LogP contribution in [0.15, 0.2) is 18.2 Å². The molecule has 0 aliphatic rings. The Morgan fingerprint density at radius 1 is 1.36 bits per heavy atom. The first-order valence-corrected chi connectivity index (χ1v) is 5.81. The van der Waals surface area contributed by atoms with Gasteiger partial charge in [-0.15, -0.1) is 0 Å². The average molecular weight is 261 g/mol. The third kappa shape index (κ3) is 3.66. The third-order valence-electron chi connectivity index (χ3n) is 1.93. The third-order valence-corrected chi connectivity index (χ3v) is 2.49. The number of ether oxygens (including phenoxy) is 1. The molecule has 0 fully saturated rings. The molecule has 78 valence electrons. The van der Waals surface area contributed by atoms with E-state index in [0.29, 0.717) is 12.2 Å². The van der Waals surface area contributed by atoms with Gasteiger partial charge in [0.15, 0.2) is 0 Å². The minimum absolute atomic E-state index is 0.183. The summed E-state index contributed by atoms with van der Waals surface area (Å²) in [5.41, 5.74) is 0.628. The summed E-state index contributed by atoms with van der Waals surface area (Å²) in [6, 6.07) is 4.83. The second-order valence-electron chi connectivity index (χ2n) is 3.16. The van der Waals surface area contributed by atoms with Gasteiger partial charge in [0.1, 0.15) is 11.6 Å². The Bertz CT molecular complexity index is 289. The number of hydrogen-bond acceptors (Lipinski definition) is 1. The zero-order valence-electron chi connectivity index (χ0n) is 8.22. The molecule has 1 nitrogen and oxygen atoms in total. The first kappa shape index (κ1) is 11.5. The van der Waals surface area contributed by atoms with Crippen LogP contribution in [0.1, 0.15) is 18.4 Å². The zero-order chi connectivity index (χ0) is 10.4. The summed E-state index contributed by atoms with van der Waals surface area (Å²) in [6.07, 6.45) is 2.11. The lowest BCUT2D eigenvalue weighted by atomic mass is 10.2. The average Bonchev–Trinajstić information content (AvgIpc) is 2.18. The predicted octanol–water partition coefficient (Wildman–Crippen LogP) is 3.69. The van der Waals surface area contributed by atoms with Crippen LogP contribution in [0, 0.1) is 12.7 Å². The summed E-state index contributed by atoms with van der Waals surface area (Å²) in [4.78, 5) is 0. The molecule has 0 radical (unpaired) electrons. The first-order chi connectivity index (χ1) is 6.74. The second kappa shape index (κ2) is 6.02. The molecule has 1 rings (SSSR count). The molecule has 0 N–H and O–H groups in total. The van der Waals surface area contributed by atoms with Crippen molar-refractivity contribution in [1.29, 1.82) is 0 Å². The van der Waals surface area contributed by atoms with Gasteiger partial charge in [0.2, 0.25) is 0 Å². The largest absolute Gasteiger partial charge is 0.494 e. The molecule has 0 spiro atoms. The lowest BCUT2D eigenvalue weighted by Gasteiger charge is -2.06. The van der Waals surface area contributed by atoms with Crippen molar-refractivity contribution in [3.8, 4) is 5.75 Å². The van der Waals surface area contributed by atoms with E-state index in [-0.39, 0.29) is 5.82 Å². The van der Waals surface area contributed by atoms with Crippen LogP contribution >= 0.6 is 15.9 Å². The van der Waals surface area contributed by atoms with E-state index in [4.69, 9.17) is 4.74 Å². The van der Waals surface area contributed by atoms with Crippen LogP contribution < -0.4 is 4.74 Å². The molecule has 14 heavy (non-hydrogen) atoms. The van der Waals surface area contributed by atoms with E-state index in [0.717, 1.165) is 23.9 Å². The molecule has 1 aromatic carbocycles. The van der Waals surface area contributed by atoms with E-state index in [1.165, 1.54) is 6.07 Å². The molecule has 0 amide bonds. The minimum atomic E-state index is -0.183. The number of alkyl halides is 1. The van der Waals surface area contributed by atoms with Gasteiger partial charge in [0, 0.05) is 5.33 Å². The first-order valence-electron chi connectivity index (χ1n) is 4.69. The molecular formula is C11H14BrFO. The van der Waals surface area contributed by atoms with Crippen molar-refractivity contribution >= 4 is 15.9 Å². The SMILES string of the molecule is Cc1cc(OCCCCBr)ccc1F. The summed E-state index contributed by atoms with van der Waals surface area (Å²) < 4.78 is 18.3. The fourth-order valence-corrected chi connectivity index (χ4v) is 1.49. The normalized spacial score (nSPS) is 10.2. The van der Waals surface area contributed by atoms with Crippen molar-refractivity contribution in [3.63, 3.8) is 0 Å². The highest BCUT2D eigenvalue weighted by molar-refractivity contribution is 9.09. The molecule has 0 saturated heterocycles. The van der Waals surface area contributed by atoms with Gasteiger partial charge in [0.05, 0.1) is 6.61 Å². The van der Waals surface area contributed by atoms with E-state index in [1.807, 2.05) is 0 Å². The Labute approximate surface area is 92.4 Å². The van der Waals surface area contributed by atoms with E-state index in [9.17, 15) is 4.39 Å². The van der Waals surface area contributed by atoms with Crippen LogP contribution in [0.4, 0.5) is 4.39 Å². The van der Waals surface area contributed by atoms with E-state index in [1.54, 1.807) is 19.1 Å². The van der Waals surface area contributed by atoms with Gasteiger partial charge in [-0.25, -0.2) is 4.39 Å². The maximum atomic E-state index is 12.9. The highest BCUT2D eigenvalue weighted by atomic mass is 79.9. The highest BCUT2D eigenvalue weighted by Crippen LogP contribution is 2.16. The Balaban J connectivity index is 2.39. The van der Waals surface area contributed by atoms with Gasteiger partial charge < -0.3 is 4.74 Å². The zero-order valence-corrected chi connectivity index (χ0v) is 9.81. The number of benzene rings is 1. The summed E-state index contributed by atoms with van der Waals surface area (Å²) in [5, 5.41) is 0.999.